The molecule has 0 radical (unpaired) electrons. The van der Waals surface area contributed by atoms with Gasteiger partial charge in [-0.1, -0.05) is 38.8 Å². The lowest BCUT2D eigenvalue weighted by Gasteiger charge is -2.27. The minimum Gasteiger partial charge on any atom is -0.399 e. The van der Waals surface area contributed by atoms with E-state index in [1.165, 1.54) is 18.4 Å². The fraction of sp³-hybridized carbons (Fsp3) is 0.588. The molecule has 1 aliphatic rings. The van der Waals surface area contributed by atoms with E-state index < -0.39 is 0 Å². The minimum absolute atomic E-state index is 0.174. The van der Waals surface area contributed by atoms with Crippen molar-refractivity contribution in [2.24, 2.45) is 5.92 Å². The van der Waals surface area contributed by atoms with Crippen molar-refractivity contribution in [3.05, 3.63) is 29.8 Å². The lowest BCUT2D eigenvalue weighted by atomic mass is 9.87. The van der Waals surface area contributed by atoms with Crippen molar-refractivity contribution in [3.63, 3.8) is 0 Å². The number of nitrogen functional groups attached to an aromatic ring is 1. The highest BCUT2D eigenvalue weighted by molar-refractivity contribution is 5.77. The number of benzene rings is 1. The van der Waals surface area contributed by atoms with Crippen molar-refractivity contribution in [2.45, 2.75) is 57.9 Å². The summed E-state index contributed by atoms with van der Waals surface area (Å²) in [6, 6.07) is 8.19. The summed E-state index contributed by atoms with van der Waals surface area (Å²) in [4.78, 5) is 12.1. The Labute approximate surface area is 121 Å². The van der Waals surface area contributed by atoms with Crippen molar-refractivity contribution in [1.29, 1.82) is 0 Å². The van der Waals surface area contributed by atoms with Crippen LogP contribution in [0.25, 0.3) is 0 Å². The molecule has 3 atom stereocenters. The molecule has 1 aromatic carbocycles. The average Bonchev–Trinajstić information content (AvgIpc) is 2.39. The molecule has 3 nitrogen and oxygen atoms in total. The van der Waals surface area contributed by atoms with E-state index in [4.69, 9.17) is 5.73 Å². The summed E-state index contributed by atoms with van der Waals surface area (Å²) in [7, 11) is 0. The molecule has 0 heterocycles. The second-order valence-corrected chi connectivity index (χ2v) is 6.31. The van der Waals surface area contributed by atoms with Crippen molar-refractivity contribution in [3.8, 4) is 0 Å². The number of carbonyl (C=O) groups excluding carboxylic acids is 1. The van der Waals surface area contributed by atoms with Gasteiger partial charge in [-0.25, -0.2) is 0 Å². The minimum atomic E-state index is 0.174. The first-order chi connectivity index (χ1) is 9.54. The van der Waals surface area contributed by atoms with E-state index in [-0.39, 0.29) is 11.8 Å². The van der Waals surface area contributed by atoms with Crippen molar-refractivity contribution in [2.75, 3.05) is 5.73 Å². The maximum Gasteiger partial charge on any atom is 0.220 e. The number of anilines is 1. The SMILES string of the molecule is CC1CCCC(NC(=O)CC(C)c2ccc(N)cc2)C1. The molecule has 1 aromatic rings. The van der Waals surface area contributed by atoms with Crippen LogP contribution in [0.2, 0.25) is 0 Å². The number of nitrogens with two attached hydrogens (primary N) is 1. The topological polar surface area (TPSA) is 55.1 Å². The van der Waals surface area contributed by atoms with Crippen LogP contribution in [-0.2, 0) is 4.79 Å². The van der Waals surface area contributed by atoms with E-state index in [0.717, 1.165) is 24.4 Å². The van der Waals surface area contributed by atoms with Crippen LogP contribution in [-0.4, -0.2) is 11.9 Å². The molecule has 20 heavy (non-hydrogen) atoms. The maximum absolute atomic E-state index is 12.1. The smallest absolute Gasteiger partial charge is 0.220 e. The third kappa shape index (κ3) is 4.26. The first-order valence-electron chi connectivity index (χ1n) is 7.69. The van der Waals surface area contributed by atoms with Crippen LogP contribution >= 0.6 is 0 Å². The summed E-state index contributed by atoms with van der Waals surface area (Å²) in [5.41, 5.74) is 7.62. The highest BCUT2D eigenvalue weighted by atomic mass is 16.1. The second kappa shape index (κ2) is 6.78. The predicted octanol–water partition coefficient (Wildman–Crippen LogP) is 3.46. The number of amides is 1. The van der Waals surface area contributed by atoms with Gasteiger partial charge in [0.25, 0.3) is 0 Å². The Morgan fingerprint density at radius 2 is 2.05 bits per heavy atom. The number of carbonyl (C=O) groups is 1. The first-order valence-corrected chi connectivity index (χ1v) is 7.69. The molecule has 0 aromatic heterocycles. The predicted molar refractivity (Wildman–Crippen MR) is 83.4 cm³/mol. The molecule has 1 saturated carbocycles. The van der Waals surface area contributed by atoms with Crippen LogP contribution in [0.1, 0.15) is 57.4 Å². The van der Waals surface area contributed by atoms with E-state index in [1.807, 2.05) is 24.3 Å². The molecule has 2 rings (SSSR count). The van der Waals surface area contributed by atoms with Crippen LogP contribution in [0.4, 0.5) is 5.69 Å². The molecule has 3 unspecified atom stereocenters. The molecule has 0 bridgehead atoms. The lowest BCUT2D eigenvalue weighted by Crippen LogP contribution is -2.38. The third-order valence-corrected chi connectivity index (χ3v) is 4.30. The zero-order valence-corrected chi connectivity index (χ0v) is 12.6. The van der Waals surface area contributed by atoms with Crippen LogP contribution in [0.3, 0.4) is 0 Å². The largest absolute Gasteiger partial charge is 0.399 e. The van der Waals surface area contributed by atoms with Crippen molar-refractivity contribution < 1.29 is 4.79 Å². The number of hydrogen-bond donors (Lipinski definition) is 2. The summed E-state index contributed by atoms with van der Waals surface area (Å²) in [5, 5.41) is 3.20. The molecule has 3 heteroatoms. The van der Waals surface area contributed by atoms with E-state index in [2.05, 4.69) is 19.2 Å². The molecular formula is C17H26N2O. The van der Waals surface area contributed by atoms with Crippen molar-refractivity contribution >= 4 is 11.6 Å². The van der Waals surface area contributed by atoms with Crippen LogP contribution < -0.4 is 11.1 Å². The van der Waals surface area contributed by atoms with Crippen molar-refractivity contribution in [1.82, 2.24) is 5.32 Å². The Morgan fingerprint density at radius 1 is 1.35 bits per heavy atom. The third-order valence-electron chi connectivity index (χ3n) is 4.30. The zero-order chi connectivity index (χ0) is 14.5. The fourth-order valence-corrected chi connectivity index (χ4v) is 3.07. The van der Waals surface area contributed by atoms with Gasteiger partial charge in [0.05, 0.1) is 0 Å². The quantitative estimate of drug-likeness (QED) is 0.826. The Kier molecular flexibility index (Phi) is 5.05. The van der Waals surface area contributed by atoms with Gasteiger partial charge in [-0.2, -0.15) is 0 Å². The van der Waals surface area contributed by atoms with Gasteiger partial charge in [-0.05, 0) is 42.4 Å². The van der Waals surface area contributed by atoms with Crippen LogP contribution in [0.15, 0.2) is 24.3 Å². The molecule has 3 N–H and O–H groups in total. The summed E-state index contributed by atoms with van der Waals surface area (Å²) in [5.74, 6) is 1.15. The molecule has 0 aliphatic heterocycles. The molecule has 0 saturated heterocycles. The highest BCUT2D eigenvalue weighted by Gasteiger charge is 2.21. The summed E-state index contributed by atoms with van der Waals surface area (Å²) < 4.78 is 0. The highest BCUT2D eigenvalue weighted by Crippen LogP contribution is 2.24. The van der Waals surface area contributed by atoms with Crippen LogP contribution in [0, 0.1) is 5.92 Å². The summed E-state index contributed by atoms with van der Waals surface area (Å²) >= 11 is 0. The van der Waals surface area contributed by atoms with Crippen LogP contribution in [0.5, 0.6) is 0 Å². The van der Waals surface area contributed by atoms with E-state index in [9.17, 15) is 4.79 Å². The van der Waals surface area contributed by atoms with Gasteiger partial charge in [0.2, 0.25) is 5.91 Å². The normalized spacial score (nSPS) is 24.1. The van der Waals surface area contributed by atoms with Gasteiger partial charge in [-0.3, -0.25) is 4.79 Å². The Bertz CT molecular complexity index is 441. The number of hydrogen-bond acceptors (Lipinski definition) is 2. The molecular weight excluding hydrogens is 248 g/mol. The van der Waals surface area contributed by atoms with Gasteiger partial charge >= 0.3 is 0 Å². The molecule has 1 amide bonds. The maximum atomic E-state index is 12.1. The number of nitrogens with one attached hydrogen (secondary N) is 1. The van der Waals surface area contributed by atoms with Gasteiger partial charge in [0, 0.05) is 18.2 Å². The van der Waals surface area contributed by atoms with E-state index in [1.54, 1.807) is 0 Å². The van der Waals surface area contributed by atoms with Gasteiger partial charge < -0.3 is 11.1 Å². The van der Waals surface area contributed by atoms with Gasteiger partial charge in [0.15, 0.2) is 0 Å². The van der Waals surface area contributed by atoms with E-state index >= 15 is 0 Å². The molecule has 0 spiro atoms. The molecule has 1 aliphatic carbocycles. The second-order valence-electron chi connectivity index (χ2n) is 6.31. The first kappa shape index (κ1) is 14.9. The average molecular weight is 274 g/mol. The fourth-order valence-electron chi connectivity index (χ4n) is 3.07. The van der Waals surface area contributed by atoms with Gasteiger partial charge in [-0.15, -0.1) is 0 Å². The summed E-state index contributed by atoms with van der Waals surface area (Å²) in [6.07, 6.45) is 5.34. The zero-order valence-electron chi connectivity index (χ0n) is 12.6. The monoisotopic (exact) mass is 274 g/mol. The Hall–Kier alpha value is -1.51. The Morgan fingerprint density at radius 3 is 2.70 bits per heavy atom. The molecule has 110 valence electrons. The Balaban J connectivity index is 1.83. The number of rotatable bonds is 4. The lowest BCUT2D eigenvalue weighted by molar-refractivity contribution is -0.122. The van der Waals surface area contributed by atoms with Gasteiger partial charge in [0.1, 0.15) is 0 Å². The molecule has 1 fully saturated rings. The van der Waals surface area contributed by atoms with E-state index in [0.29, 0.717) is 12.5 Å². The standard InChI is InChI=1S/C17H26N2O/c1-12-4-3-5-16(10-12)19-17(20)11-13(2)14-6-8-15(18)9-7-14/h6-9,12-13,16H,3-5,10-11,18H2,1-2H3,(H,19,20). The summed E-state index contributed by atoms with van der Waals surface area (Å²) in [6.45, 7) is 4.36.